The first kappa shape index (κ1) is 23.6. The van der Waals surface area contributed by atoms with Crippen LogP contribution in [0.25, 0.3) is 0 Å². The highest BCUT2D eigenvalue weighted by atomic mass is 32.1. The number of halogens is 1. The number of rotatable bonds is 9. The van der Waals surface area contributed by atoms with E-state index in [1.165, 1.54) is 42.7 Å². The number of carbonyl (C=O) groups is 2. The number of nitrogens with zero attached hydrogens (tertiary/aromatic N) is 2. The summed E-state index contributed by atoms with van der Waals surface area (Å²) in [6.07, 6.45) is 7.85. The fraction of sp³-hybridized carbons (Fsp3) is 0.280. The summed E-state index contributed by atoms with van der Waals surface area (Å²) in [5.41, 5.74) is 2.38. The molecular formula is C25H25FN4O3S. The molecule has 0 spiro atoms. The first-order valence-corrected chi connectivity index (χ1v) is 12.0. The average molecular weight is 481 g/mol. The molecular weight excluding hydrogens is 455 g/mol. The van der Waals surface area contributed by atoms with Gasteiger partial charge >= 0.3 is 0 Å². The standard InChI is InChI=1S/C25H25FN4O3S/c26-19-9-11-21(12-10-19)33-16-22-29-30-25(34-22)24(32)28-20-8-4-7-18(15-20)23(31)27-14-13-17-5-2-1-3-6-17/h4-5,7-12,15H,1-3,6,13-14,16H2,(H,27,31)(H,28,32). The van der Waals surface area contributed by atoms with E-state index in [-0.39, 0.29) is 23.3 Å². The van der Waals surface area contributed by atoms with Crippen LogP contribution in [-0.4, -0.2) is 28.6 Å². The van der Waals surface area contributed by atoms with Crippen molar-refractivity contribution in [2.24, 2.45) is 0 Å². The summed E-state index contributed by atoms with van der Waals surface area (Å²) in [6, 6.07) is 12.4. The number of carbonyl (C=O) groups excluding carboxylic acids is 2. The van der Waals surface area contributed by atoms with Crippen molar-refractivity contribution in [2.75, 3.05) is 11.9 Å². The summed E-state index contributed by atoms with van der Waals surface area (Å²) < 4.78 is 18.5. The van der Waals surface area contributed by atoms with Crippen LogP contribution in [0.15, 0.2) is 60.2 Å². The van der Waals surface area contributed by atoms with Gasteiger partial charge in [-0.05, 0) is 74.6 Å². The fourth-order valence-electron chi connectivity index (χ4n) is 3.57. The largest absolute Gasteiger partial charge is 0.486 e. The molecule has 9 heteroatoms. The van der Waals surface area contributed by atoms with Crippen molar-refractivity contribution in [1.82, 2.24) is 15.5 Å². The Hall–Kier alpha value is -3.59. The third-order valence-electron chi connectivity index (χ3n) is 5.34. The van der Waals surface area contributed by atoms with E-state index in [4.69, 9.17) is 4.74 Å². The molecule has 3 aromatic rings. The van der Waals surface area contributed by atoms with Crippen molar-refractivity contribution >= 4 is 28.8 Å². The molecule has 0 saturated carbocycles. The lowest BCUT2D eigenvalue weighted by atomic mass is 9.97. The number of hydrogen-bond donors (Lipinski definition) is 2. The molecule has 1 heterocycles. The molecule has 0 fully saturated rings. The molecule has 176 valence electrons. The van der Waals surface area contributed by atoms with Gasteiger partial charge in [0, 0.05) is 17.8 Å². The van der Waals surface area contributed by atoms with Crippen molar-refractivity contribution in [1.29, 1.82) is 0 Å². The molecule has 1 aromatic heterocycles. The molecule has 0 atom stereocenters. The Morgan fingerprint density at radius 1 is 1.06 bits per heavy atom. The van der Waals surface area contributed by atoms with Gasteiger partial charge in [0.05, 0.1) is 0 Å². The lowest BCUT2D eigenvalue weighted by Gasteiger charge is -2.13. The van der Waals surface area contributed by atoms with Gasteiger partial charge in [-0.15, -0.1) is 10.2 Å². The van der Waals surface area contributed by atoms with Crippen LogP contribution in [0, 0.1) is 5.82 Å². The van der Waals surface area contributed by atoms with Crippen LogP contribution in [0.2, 0.25) is 0 Å². The van der Waals surface area contributed by atoms with Gasteiger partial charge in [-0.3, -0.25) is 9.59 Å². The Morgan fingerprint density at radius 3 is 2.71 bits per heavy atom. The monoisotopic (exact) mass is 480 g/mol. The van der Waals surface area contributed by atoms with E-state index in [0.717, 1.165) is 30.6 Å². The zero-order valence-electron chi connectivity index (χ0n) is 18.6. The summed E-state index contributed by atoms with van der Waals surface area (Å²) >= 11 is 1.10. The van der Waals surface area contributed by atoms with Gasteiger partial charge in [-0.2, -0.15) is 0 Å². The number of amides is 2. The van der Waals surface area contributed by atoms with Crippen LogP contribution in [0.5, 0.6) is 5.75 Å². The van der Waals surface area contributed by atoms with E-state index < -0.39 is 5.91 Å². The molecule has 0 bridgehead atoms. The molecule has 0 saturated heterocycles. The Labute approximate surface area is 201 Å². The van der Waals surface area contributed by atoms with E-state index in [9.17, 15) is 14.0 Å². The average Bonchev–Trinajstić information content (AvgIpc) is 3.34. The van der Waals surface area contributed by atoms with Crippen molar-refractivity contribution in [2.45, 2.75) is 38.7 Å². The Morgan fingerprint density at radius 2 is 1.91 bits per heavy atom. The third-order valence-corrected chi connectivity index (χ3v) is 6.23. The van der Waals surface area contributed by atoms with Gasteiger partial charge in [-0.1, -0.05) is 29.1 Å². The molecule has 7 nitrogen and oxygen atoms in total. The number of aromatic nitrogens is 2. The maximum absolute atomic E-state index is 13.0. The first-order chi connectivity index (χ1) is 16.6. The lowest BCUT2D eigenvalue weighted by Crippen LogP contribution is -2.25. The molecule has 34 heavy (non-hydrogen) atoms. The van der Waals surface area contributed by atoms with Gasteiger partial charge in [0.2, 0.25) is 5.01 Å². The summed E-state index contributed by atoms with van der Waals surface area (Å²) in [5.74, 6) is -0.454. The summed E-state index contributed by atoms with van der Waals surface area (Å²) in [5, 5.41) is 14.3. The van der Waals surface area contributed by atoms with Crippen molar-refractivity contribution in [3.63, 3.8) is 0 Å². The molecule has 2 amide bonds. The van der Waals surface area contributed by atoms with E-state index in [2.05, 4.69) is 26.9 Å². The highest BCUT2D eigenvalue weighted by Gasteiger charge is 2.15. The SMILES string of the molecule is O=C(NCCC1=CCCCC1)c1cccc(NC(=O)c2nnc(COc3ccc(F)cc3)s2)c1. The quantitative estimate of drug-likeness (QED) is 0.414. The number of benzene rings is 2. The van der Waals surface area contributed by atoms with Crippen LogP contribution < -0.4 is 15.4 Å². The first-order valence-electron chi connectivity index (χ1n) is 11.1. The Bertz CT molecular complexity index is 1180. The van der Waals surface area contributed by atoms with E-state index in [1.807, 2.05) is 0 Å². The smallest absolute Gasteiger partial charge is 0.286 e. The van der Waals surface area contributed by atoms with Gasteiger partial charge < -0.3 is 15.4 Å². The minimum atomic E-state index is -0.424. The third kappa shape index (κ3) is 6.71. The normalized spacial score (nSPS) is 13.1. The van der Waals surface area contributed by atoms with Crippen LogP contribution in [0.4, 0.5) is 10.1 Å². The molecule has 0 unspecified atom stereocenters. The lowest BCUT2D eigenvalue weighted by molar-refractivity contribution is 0.0952. The minimum Gasteiger partial charge on any atom is -0.486 e. The van der Waals surface area contributed by atoms with Crippen molar-refractivity contribution in [3.8, 4) is 5.75 Å². The Balaban J connectivity index is 1.28. The predicted octanol–water partition coefficient (Wildman–Crippen LogP) is 5.13. The number of anilines is 1. The topological polar surface area (TPSA) is 93.2 Å². The van der Waals surface area contributed by atoms with Crippen molar-refractivity contribution in [3.05, 3.63) is 81.6 Å². The second-order valence-electron chi connectivity index (χ2n) is 7.89. The fourth-order valence-corrected chi connectivity index (χ4v) is 4.22. The van der Waals surface area contributed by atoms with Gasteiger partial charge in [-0.25, -0.2) is 4.39 Å². The van der Waals surface area contributed by atoms with E-state index in [0.29, 0.717) is 28.6 Å². The van der Waals surface area contributed by atoms with E-state index >= 15 is 0 Å². The zero-order chi connectivity index (χ0) is 23.8. The van der Waals surface area contributed by atoms with E-state index in [1.54, 1.807) is 24.3 Å². The molecule has 0 radical (unpaired) electrons. The number of ether oxygens (including phenoxy) is 1. The van der Waals surface area contributed by atoms with Crippen molar-refractivity contribution < 1.29 is 18.7 Å². The molecule has 2 aromatic carbocycles. The number of allylic oxidation sites excluding steroid dienone is 1. The van der Waals surface area contributed by atoms with Crippen LogP contribution in [-0.2, 0) is 6.61 Å². The van der Waals surface area contributed by atoms with Gasteiger partial charge in [0.15, 0.2) is 5.01 Å². The maximum atomic E-state index is 13.0. The minimum absolute atomic E-state index is 0.114. The summed E-state index contributed by atoms with van der Waals surface area (Å²) in [4.78, 5) is 25.1. The zero-order valence-corrected chi connectivity index (χ0v) is 19.4. The Kier molecular flexibility index (Phi) is 7.98. The highest BCUT2D eigenvalue weighted by molar-refractivity contribution is 7.13. The number of hydrogen-bond acceptors (Lipinski definition) is 6. The second kappa shape index (κ2) is 11.5. The van der Waals surface area contributed by atoms with Crippen LogP contribution in [0.1, 0.15) is 57.3 Å². The highest BCUT2D eigenvalue weighted by Crippen LogP contribution is 2.20. The van der Waals surface area contributed by atoms with Gasteiger partial charge in [0.1, 0.15) is 18.2 Å². The molecule has 2 N–H and O–H groups in total. The van der Waals surface area contributed by atoms with Crippen LogP contribution >= 0.6 is 11.3 Å². The predicted molar refractivity (Wildman–Crippen MR) is 129 cm³/mol. The maximum Gasteiger partial charge on any atom is 0.286 e. The van der Waals surface area contributed by atoms with Gasteiger partial charge in [0.25, 0.3) is 11.8 Å². The summed E-state index contributed by atoms with van der Waals surface area (Å²) in [7, 11) is 0. The molecule has 1 aliphatic rings. The molecule has 1 aliphatic carbocycles. The molecule has 0 aliphatic heterocycles. The second-order valence-corrected chi connectivity index (χ2v) is 8.95. The summed E-state index contributed by atoms with van der Waals surface area (Å²) in [6.45, 7) is 0.706. The van der Waals surface area contributed by atoms with Crippen LogP contribution in [0.3, 0.4) is 0 Å². The molecule has 4 rings (SSSR count). The number of nitrogens with one attached hydrogen (secondary N) is 2.